The van der Waals surface area contributed by atoms with Crippen molar-refractivity contribution in [2.75, 3.05) is 10.7 Å². The van der Waals surface area contributed by atoms with E-state index >= 15 is 0 Å². The Morgan fingerprint density at radius 2 is 1.57 bits per heavy atom. The molecule has 2 aromatic carbocycles. The van der Waals surface area contributed by atoms with Gasteiger partial charge in [-0.2, -0.15) is 0 Å². The van der Waals surface area contributed by atoms with Gasteiger partial charge in [-0.1, -0.05) is 17.7 Å². The zero-order valence-electron chi connectivity index (χ0n) is 15.6. The first-order valence-electron chi connectivity index (χ1n) is 8.58. The molecule has 3 rings (SSSR count). The molecule has 0 unspecified atom stereocenters. The number of nitro groups is 1. The molecule has 11 heteroatoms. The van der Waals surface area contributed by atoms with Crippen LogP contribution in [0.3, 0.4) is 0 Å². The van der Waals surface area contributed by atoms with Crippen molar-refractivity contribution in [1.29, 1.82) is 0 Å². The van der Waals surface area contributed by atoms with Crippen LogP contribution in [0.4, 0.5) is 23.0 Å². The maximum atomic E-state index is 12.2. The summed E-state index contributed by atoms with van der Waals surface area (Å²) in [5, 5.41) is 23.3. The number of aromatic nitrogens is 2. The number of rotatable bonds is 7. The molecular formula is C19H16N6O5. The Hall–Kier alpha value is -4.54. The van der Waals surface area contributed by atoms with Gasteiger partial charge in [0.05, 0.1) is 10.5 Å². The number of carbonyl (C=O) groups excluding carboxylic acids is 1. The first-order chi connectivity index (χ1) is 14.3. The average molecular weight is 408 g/mol. The van der Waals surface area contributed by atoms with Crippen molar-refractivity contribution in [1.82, 2.24) is 15.4 Å². The van der Waals surface area contributed by atoms with E-state index in [0.29, 0.717) is 11.3 Å². The number of hydrazine groups is 1. The molecule has 0 aliphatic carbocycles. The third-order valence-electron chi connectivity index (χ3n) is 4.01. The van der Waals surface area contributed by atoms with E-state index in [2.05, 4.69) is 26.1 Å². The van der Waals surface area contributed by atoms with E-state index in [1.54, 1.807) is 24.3 Å². The summed E-state index contributed by atoms with van der Waals surface area (Å²) in [4.78, 5) is 41.7. The van der Waals surface area contributed by atoms with Gasteiger partial charge in [-0.3, -0.25) is 25.8 Å². The van der Waals surface area contributed by atoms with E-state index in [9.17, 15) is 19.7 Å². The molecule has 11 nitrogen and oxygen atoms in total. The minimum absolute atomic E-state index is 0.0684. The van der Waals surface area contributed by atoms with Crippen molar-refractivity contribution < 1.29 is 19.6 Å². The fourth-order valence-electron chi connectivity index (χ4n) is 2.46. The Morgan fingerprint density at radius 3 is 2.17 bits per heavy atom. The summed E-state index contributed by atoms with van der Waals surface area (Å²) in [6.45, 7) is 1.88. The third kappa shape index (κ3) is 4.65. The van der Waals surface area contributed by atoms with E-state index < -0.39 is 22.5 Å². The number of carboxylic acids is 1. The second kappa shape index (κ2) is 8.65. The van der Waals surface area contributed by atoms with Gasteiger partial charge in [0.15, 0.2) is 0 Å². The summed E-state index contributed by atoms with van der Waals surface area (Å²) >= 11 is 0. The van der Waals surface area contributed by atoms with E-state index in [4.69, 9.17) is 5.11 Å². The Balaban J connectivity index is 1.80. The first kappa shape index (κ1) is 20.2. The van der Waals surface area contributed by atoms with Crippen LogP contribution in [0.1, 0.15) is 26.3 Å². The molecule has 0 radical (unpaired) electrons. The van der Waals surface area contributed by atoms with E-state index in [-0.39, 0.29) is 17.2 Å². The number of anilines is 3. The molecule has 1 amide bonds. The van der Waals surface area contributed by atoms with Crippen LogP contribution in [-0.4, -0.2) is 31.9 Å². The van der Waals surface area contributed by atoms with Crippen LogP contribution in [0.25, 0.3) is 0 Å². The summed E-state index contributed by atoms with van der Waals surface area (Å²) < 4.78 is 0. The average Bonchev–Trinajstić information content (AvgIpc) is 2.72. The van der Waals surface area contributed by atoms with Crippen LogP contribution in [0.15, 0.2) is 54.9 Å². The maximum absolute atomic E-state index is 12.2. The van der Waals surface area contributed by atoms with Crippen LogP contribution < -0.4 is 16.2 Å². The predicted molar refractivity (Wildman–Crippen MR) is 108 cm³/mol. The second-order valence-electron chi connectivity index (χ2n) is 6.13. The molecule has 0 saturated carbocycles. The summed E-state index contributed by atoms with van der Waals surface area (Å²) in [7, 11) is 0. The number of amides is 1. The SMILES string of the molecule is Cc1ccc(C(=O)NNc2ncnc(Nc3ccc(C(=O)O)cc3)c2[N+](=O)[O-])cc1. The molecule has 0 bridgehead atoms. The smallest absolute Gasteiger partial charge is 0.355 e. The predicted octanol–water partition coefficient (Wildman–Crippen LogP) is 2.89. The van der Waals surface area contributed by atoms with Gasteiger partial charge in [-0.05, 0) is 43.3 Å². The van der Waals surface area contributed by atoms with Gasteiger partial charge in [-0.15, -0.1) is 0 Å². The molecular weight excluding hydrogens is 392 g/mol. The monoisotopic (exact) mass is 408 g/mol. The number of carboxylic acid groups (broad SMARTS) is 1. The number of benzene rings is 2. The lowest BCUT2D eigenvalue weighted by Crippen LogP contribution is -2.30. The summed E-state index contributed by atoms with van der Waals surface area (Å²) in [6, 6.07) is 12.4. The molecule has 0 spiro atoms. The highest BCUT2D eigenvalue weighted by molar-refractivity contribution is 5.95. The molecule has 1 aromatic heterocycles. The van der Waals surface area contributed by atoms with Gasteiger partial charge in [0, 0.05) is 11.3 Å². The molecule has 30 heavy (non-hydrogen) atoms. The number of aromatic carboxylic acids is 1. The highest BCUT2D eigenvalue weighted by Crippen LogP contribution is 2.30. The van der Waals surface area contributed by atoms with E-state index in [0.717, 1.165) is 11.9 Å². The van der Waals surface area contributed by atoms with Gasteiger partial charge in [0.2, 0.25) is 11.6 Å². The standard InChI is InChI=1S/C19H16N6O5/c1-11-2-4-12(5-3-11)18(26)24-23-17-15(25(29)30)16(20-10-21-17)22-14-8-6-13(7-9-14)19(27)28/h2-10H,1H3,(H,24,26)(H,27,28)(H2,20,21,22,23). The number of aryl methyl sites for hydroxylation is 1. The lowest BCUT2D eigenvalue weighted by atomic mass is 10.1. The van der Waals surface area contributed by atoms with Crippen molar-refractivity contribution in [2.24, 2.45) is 0 Å². The van der Waals surface area contributed by atoms with Crippen LogP contribution in [0, 0.1) is 17.0 Å². The number of nitrogens with zero attached hydrogens (tertiary/aromatic N) is 3. The number of nitrogens with one attached hydrogen (secondary N) is 3. The van der Waals surface area contributed by atoms with Crippen molar-refractivity contribution in [2.45, 2.75) is 6.92 Å². The minimum atomic E-state index is -1.09. The van der Waals surface area contributed by atoms with Gasteiger partial charge in [0.1, 0.15) is 6.33 Å². The molecule has 0 aliphatic rings. The van der Waals surface area contributed by atoms with Crippen molar-refractivity contribution in [3.63, 3.8) is 0 Å². The number of hydrogen-bond acceptors (Lipinski definition) is 8. The molecule has 0 atom stereocenters. The van der Waals surface area contributed by atoms with Gasteiger partial charge in [0.25, 0.3) is 5.91 Å². The third-order valence-corrected chi connectivity index (χ3v) is 4.01. The quantitative estimate of drug-likeness (QED) is 0.340. The van der Waals surface area contributed by atoms with Crippen LogP contribution >= 0.6 is 0 Å². The Kier molecular flexibility index (Phi) is 5.82. The largest absolute Gasteiger partial charge is 0.478 e. The zero-order valence-corrected chi connectivity index (χ0v) is 15.6. The van der Waals surface area contributed by atoms with E-state index in [1.165, 1.54) is 24.3 Å². The second-order valence-corrected chi connectivity index (χ2v) is 6.13. The maximum Gasteiger partial charge on any atom is 0.355 e. The van der Waals surface area contributed by atoms with Crippen molar-refractivity contribution >= 4 is 34.9 Å². The summed E-state index contributed by atoms with van der Waals surface area (Å²) in [5.74, 6) is -1.95. The van der Waals surface area contributed by atoms with Gasteiger partial charge >= 0.3 is 11.7 Å². The fraction of sp³-hybridized carbons (Fsp3) is 0.0526. The molecule has 0 fully saturated rings. The number of carbonyl (C=O) groups is 2. The molecule has 4 N–H and O–H groups in total. The topological polar surface area (TPSA) is 159 Å². The number of hydrogen-bond donors (Lipinski definition) is 4. The molecule has 0 aliphatic heterocycles. The molecule has 3 aromatic rings. The summed E-state index contributed by atoms with van der Waals surface area (Å²) in [5.41, 5.74) is 6.12. The highest BCUT2D eigenvalue weighted by Gasteiger charge is 2.24. The van der Waals surface area contributed by atoms with Crippen molar-refractivity contribution in [3.8, 4) is 0 Å². The normalized spacial score (nSPS) is 10.2. The van der Waals surface area contributed by atoms with Crippen LogP contribution in [0.2, 0.25) is 0 Å². The van der Waals surface area contributed by atoms with E-state index in [1.807, 2.05) is 6.92 Å². The van der Waals surface area contributed by atoms with Gasteiger partial charge < -0.3 is 10.4 Å². The minimum Gasteiger partial charge on any atom is -0.478 e. The van der Waals surface area contributed by atoms with Gasteiger partial charge in [-0.25, -0.2) is 14.8 Å². The van der Waals surface area contributed by atoms with Crippen molar-refractivity contribution in [3.05, 3.63) is 81.7 Å². The zero-order chi connectivity index (χ0) is 21.7. The molecule has 152 valence electrons. The Morgan fingerprint density at radius 1 is 0.967 bits per heavy atom. The van der Waals surface area contributed by atoms with Crippen LogP contribution in [0.5, 0.6) is 0 Å². The lowest BCUT2D eigenvalue weighted by Gasteiger charge is -2.11. The fourth-order valence-corrected chi connectivity index (χ4v) is 2.46. The molecule has 0 saturated heterocycles. The molecule has 1 heterocycles. The Bertz CT molecular complexity index is 1100. The first-order valence-corrected chi connectivity index (χ1v) is 8.58. The highest BCUT2D eigenvalue weighted by atomic mass is 16.6. The summed E-state index contributed by atoms with van der Waals surface area (Å²) in [6.07, 6.45) is 1.08. The van der Waals surface area contributed by atoms with Crippen LogP contribution in [-0.2, 0) is 0 Å². The lowest BCUT2D eigenvalue weighted by molar-refractivity contribution is -0.383. The Labute approximate surface area is 169 Å².